The predicted octanol–water partition coefficient (Wildman–Crippen LogP) is 1.53. The summed E-state index contributed by atoms with van der Waals surface area (Å²) >= 11 is 0. The van der Waals surface area contributed by atoms with Crippen molar-refractivity contribution in [3.63, 3.8) is 0 Å². The van der Waals surface area contributed by atoms with Crippen molar-refractivity contribution in [2.24, 2.45) is 5.92 Å². The second kappa shape index (κ2) is 8.52. The number of carbonyl (C=O) groups is 1. The van der Waals surface area contributed by atoms with E-state index in [1.165, 1.54) is 7.11 Å². The van der Waals surface area contributed by atoms with E-state index >= 15 is 0 Å². The summed E-state index contributed by atoms with van der Waals surface area (Å²) in [6.07, 6.45) is 2.25. The lowest BCUT2D eigenvalue weighted by molar-refractivity contribution is -0.125. The summed E-state index contributed by atoms with van der Waals surface area (Å²) in [5, 5.41) is 12.1. The third-order valence-electron chi connectivity index (χ3n) is 4.00. The Morgan fingerprint density at radius 1 is 1.50 bits per heavy atom. The van der Waals surface area contributed by atoms with Crippen molar-refractivity contribution in [3.05, 3.63) is 35.4 Å². The van der Waals surface area contributed by atoms with Gasteiger partial charge in [0.05, 0.1) is 11.6 Å². The fourth-order valence-corrected chi connectivity index (χ4v) is 2.91. The first-order valence-electron chi connectivity index (χ1n) is 7.69. The van der Waals surface area contributed by atoms with E-state index in [-0.39, 0.29) is 12.5 Å². The Kier molecular flexibility index (Phi) is 6.38. The summed E-state index contributed by atoms with van der Waals surface area (Å²) < 4.78 is 4.82. The first-order valence-corrected chi connectivity index (χ1v) is 7.69. The Hall–Kier alpha value is -1.90. The van der Waals surface area contributed by atoms with Crippen LogP contribution in [-0.2, 0) is 16.1 Å². The van der Waals surface area contributed by atoms with Crippen LogP contribution in [0.15, 0.2) is 24.3 Å². The number of nitriles is 1. The molecule has 1 amide bonds. The number of hydrogen-bond donors (Lipinski definition) is 1. The molecular weight excluding hydrogens is 278 g/mol. The van der Waals surface area contributed by atoms with Crippen molar-refractivity contribution in [2.75, 3.05) is 33.4 Å². The number of benzene rings is 1. The van der Waals surface area contributed by atoms with E-state index < -0.39 is 0 Å². The summed E-state index contributed by atoms with van der Waals surface area (Å²) in [7, 11) is 1.52. The number of amides is 1. The summed E-state index contributed by atoms with van der Waals surface area (Å²) in [5.74, 6) is 0.401. The van der Waals surface area contributed by atoms with E-state index in [2.05, 4.69) is 16.3 Å². The van der Waals surface area contributed by atoms with Gasteiger partial charge < -0.3 is 10.1 Å². The predicted molar refractivity (Wildman–Crippen MR) is 84.0 cm³/mol. The number of piperidine rings is 1. The molecule has 118 valence electrons. The van der Waals surface area contributed by atoms with Gasteiger partial charge in [-0.15, -0.1) is 0 Å². The molecule has 1 atom stereocenters. The Morgan fingerprint density at radius 2 is 2.32 bits per heavy atom. The Balaban J connectivity index is 1.85. The zero-order valence-electron chi connectivity index (χ0n) is 13.0. The molecule has 2 rings (SSSR count). The van der Waals surface area contributed by atoms with E-state index in [1.54, 1.807) is 0 Å². The summed E-state index contributed by atoms with van der Waals surface area (Å²) in [6.45, 7) is 3.60. The Labute approximate surface area is 131 Å². The molecule has 1 aliphatic heterocycles. The molecule has 1 N–H and O–H groups in total. The molecule has 0 bridgehead atoms. The molecule has 1 aromatic carbocycles. The van der Waals surface area contributed by atoms with Crippen molar-refractivity contribution in [1.29, 1.82) is 5.26 Å². The molecule has 1 fully saturated rings. The molecule has 1 saturated heterocycles. The van der Waals surface area contributed by atoms with E-state index in [9.17, 15) is 4.79 Å². The van der Waals surface area contributed by atoms with Gasteiger partial charge in [-0.1, -0.05) is 18.2 Å². The van der Waals surface area contributed by atoms with E-state index in [0.29, 0.717) is 12.5 Å². The van der Waals surface area contributed by atoms with E-state index in [4.69, 9.17) is 10.00 Å². The molecule has 0 saturated carbocycles. The van der Waals surface area contributed by atoms with Gasteiger partial charge in [0.25, 0.3) is 0 Å². The van der Waals surface area contributed by atoms with Gasteiger partial charge in [0.2, 0.25) is 5.91 Å². The molecule has 0 spiro atoms. The highest BCUT2D eigenvalue weighted by Gasteiger charge is 2.21. The first kappa shape index (κ1) is 16.5. The molecule has 0 aliphatic carbocycles. The molecule has 1 aromatic rings. The number of ether oxygens (including phenoxy) is 1. The number of methoxy groups -OCH3 is 1. The fourth-order valence-electron chi connectivity index (χ4n) is 2.91. The normalized spacial score (nSPS) is 18.6. The van der Waals surface area contributed by atoms with Gasteiger partial charge in [0, 0.05) is 26.7 Å². The van der Waals surface area contributed by atoms with Gasteiger partial charge in [-0.2, -0.15) is 5.26 Å². The van der Waals surface area contributed by atoms with Crippen LogP contribution < -0.4 is 5.32 Å². The highest BCUT2D eigenvalue weighted by molar-refractivity contribution is 5.77. The van der Waals surface area contributed by atoms with Crippen molar-refractivity contribution < 1.29 is 9.53 Å². The van der Waals surface area contributed by atoms with Crippen LogP contribution >= 0.6 is 0 Å². The number of nitrogens with zero attached hydrogens (tertiary/aromatic N) is 2. The zero-order chi connectivity index (χ0) is 15.8. The van der Waals surface area contributed by atoms with Crippen LogP contribution in [0.25, 0.3) is 0 Å². The van der Waals surface area contributed by atoms with E-state index in [0.717, 1.165) is 43.6 Å². The zero-order valence-corrected chi connectivity index (χ0v) is 13.0. The van der Waals surface area contributed by atoms with Gasteiger partial charge in [-0.3, -0.25) is 9.69 Å². The minimum Gasteiger partial charge on any atom is -0.375 e. The standard InChI is InChI=1S/C17H23N3O2/c1-22-13-17(21)19-10-14-5-4-8-20(11-14)12-16-7-3-2-6-15(16)9-18/h2-3,6-7,14H,4-5,8,10-13H2,1H3,(H,19,21)/t14-/m0/s1. The summed E-state index contributed by atoms with van der Waals surface area (Å²) in [5.41, 5.74) is 1.83. The Bertz CT molecular complexity index is 539. The molecule has 0 aromatic heterocycles. The molecule has 1 aliphatic rings. The van der Waals surface area contributed by atoms with Gasteiger partial charge in [-0.05, 0) is 36.9 Å². The lowest BCUT2D eigenvalue weighted by Crippen LogP contribution is -2.41. The highest BCUT2D eigenvalue weighted by atomic mass is 16.5. The molecular formula is C17H23N3O2. The van der Waals surface area contributed by atoms with Crippen molar-refractivity contribution >= 4 is 5.91 Å². The first-order chi connectivity index (χ1) is 10.7. The van der Waals surface area contributed by atoms with Crippen LogP contribution in [0.3, 0.4) is 0 Å². The minimum atomic E-state index is -0.0607. The molecule has 5 nitrogen and oxygen atoms in total. The topological polar surface area (TPSA) is 65.4 Å². The maximum atomic E-state index is 11.5. The molecule has 0 radical (unpaired) electrons. The van der Waals surface area contributed by atoms with Crippen LogP contribution in [0.1, 0.15) is 24.0 Å². The maximum absolute atomic E-state index is 11.5. The molecule has 1 heterocycles. The van der Waals surface area contributed by atoms with Crippen LogP contribution in [0, 0.1) is 17.2 Å². The smallest absolute Gasteiger partial charge is 0.245 e. The van der Waals surface area contributed by atoms with Crippen LogP contribution in [0.2, 0.25) is 0 Å². The second-order valence-corrected chi connectivity index (χ2v) is 5.75. The average Bonchev–Trinajstić information content (AvgIpc) is 2.54. The lowest BCUT2D eigenvalue weighted by atomic mass is 9.97. The number of hydrogen-bond acceptors (Lipinski definition) is 4. The fraction of sp³-hybridized carbons (Fsp3) is 0.529. The minimum absolute atomic E-state index is 0.0607. The maximum Gasteiger partial charge on any atom is 0.245 e. The van der Waals surface area contributed by atoms with Crippen LogP contribution in [0.4, 0.5) is 0 Å². The quantitative estimate of drug-likeness (QED) is 0.865. The third kappa shape index (κ3) is 4.83. The van der Waals surface area contributed by atoms with Gasteiger partial charge >= 0.3 is 0 Å². The second-order valence-electron chi connectivity index (χ2n) is 5.75. The van der Waals surface area contributed by atoms with E-state index in [1.807, 2.05) is 24.3 Å². The number of rotatable bonds is 6. The van der Waals surface area contributed by atoms with Gasteiger partial charge in [0.1, 0.15) is 6.61 Å². The van der Waals surface area contributed by atoms with Crippen molar-refractivity contribution in [1.82, 2.24) is 10.2 Å². The van der Waals surface area contributed by atoms with Gasteiger partial charge in [-0.25, -0.2) is 0 Å². The highest BCUT2D eigenvalue weighted by Crippen LogP contribution is 2.19. The number of carbonyl (C=O) groups excluding carboxylic acids is 1. The Morgan fingerprint density at radius 3 is 3.09 bits per heavy atom. The largest absolute Gasteiger partial charge is 0.375 e. The SMILES string of the molecule is COCC(=O)NC[C@@H]1CCCN(Cc2ccccc2C#N)C1. The molecule has 0 unspecified atom stereocenters. The summed E-state index contributed by atoms with van der Waals surface area (Å²) in [6, 6.07) is 10.0. The van der Waals surface area contributed by atoms with Crippen LogP contribution in [-0.4, -0.2) is 44.2 Å². The summed E-state index contributed by atoms with van der Waals surface area (Å²) in [4.78, 5) is 13.8. The lowest BCUT2D eigenvalue weighted by Gasteiger charge is -2.33. The molecule has 22 heavy (non-hydrogen) atoms. The number of likely N-dealkylation sites (tertiary alicyclic amines) is 1. The van der Waals surface area contributed by atoms with Crippen molar-refractivity contribution in [3.8, 4) is 6.07 Å². The monoisotopic (exact) mass is 301 g/mol. The van der Waals surface area contributed by atoms with Gasteiger partial charge in [0.15, 0.2) is 0 Å². The average molecular weight is 301 g/mol. The third-order valence-corrected chi connectivity index (χ3v) is 4.00. The van der Waals surface area contributed by atoms with Crippen molar-refractivity contribution in [2.45, 2.75) is 19.4 Å². The van der Waals surface area contributed by atoms with Crippen LogP contribution in [0.5, 0.6) is 0 Å². The number of nitrogens with one attached hydrogen (secondary N) is 1. The molecule has 5 heteroatoms.